The Kier molecular flexibility index (Phi) is 3.79. The van der Waals surface area contributed by atoms with Crippen molar-refractivity contribution >= 4 is 16.6 Å². The van der Waals surface area contributed by atoms with E-state index in [4.69, 9.17) is 4.74 Å². The summed E-state index contributed by atoms with van der Waals surface area (Å²) in [4.78, 5) is 13.0. The second-order valence-corrected chi connectivity index (χ2v) is 6.11. The van der Waals surface area contributed by atoms with E-state index in [-0.39, 0.29) is 11.8 Å². The number of rotatable bonds is 3. The molecule has 1 saturated heterocycles. The summed E-state index contributed by atoms with van der Waals surface area (Å²) in [6.07, 6.45) is 0. The molecule has 0 radical (unpaired) electrons. The maximum atomic E-state index is 13.0. The lowest BCUT2D eigenvalue weighted by Gasteiger charge is -2.41. The summed E-state index contributed by atoms with van der Waals surface area (Å²) in [5.41, 5.74) is 0.839. The first-order valence-electron chi connectivity index (χ1n) is 7.56. The Labute approximate surface area is 125 Å². The molecule has 1 heterocycles. The largest absolute Gasteiger partial charge is 0.370 e. The second-order valence-electron chi connectivity index (χ2n) is 6.11. The highest BCUT2D eigenvalue weighted by atomic mass is 16.5. The number of carbonyl (C=O) groups excluding carboxylic acids is 1. The van der Waals surface area contributed by atoms with Crippen LogP contribution in [0.4, 0.5) is 0 Å². The Hall–Kier alpha value is -1.71. The van der Waals surface area contributed by atoms with Gasteiger partial charge in [-0.25, -0.2) is 0 Å². The minimum Gasteiger partial charge on any atom is -0.370 e. The van der Waals surface area contributed by atoms with Gasteiger partial charge in [0.1, 0.15) is 19.1 Å². The molecule has 0 bridgehead atoms. The first kappa shape index (κ1) is 14.2. The Morgan fingerprint density at radius 1 is 1.10 bits per heavy atom. The molecule has 0 aliphatic carbocycles. The highest BCUT2D eigenvalue weighted by molar-refractivity contribution is 6.09. The number of Topliss-reactive ketones (excluding diaryl/α,β-unsaturated/α-hetero) is 1. The van der Waals surface area contributed by atoms with Crippen molar-refractivity contribution in [2.24, 2.45) is 0 Å². The molecule has 1 unspecified atom stereocenters. The lowest BCUT2D eigenvalue weighted by molar-refractivity contribution is -0.929. The number of fused-ring (bicyclic) bond motifs is 1. The Morgan fingerprint density at radius 2 is 1.76 bits per heavy atom. The van der Waals surface area contributed by atoms with Gasteiger partial charge in [-0.05, 0) is 17.7 Å². The van der Waals surface area contributed by atoms with Crippen LogP contribution in [0.15, 0.2) is 42.5 Å². The Bertz CT molecular complexity index is 654. The van der Waals surface area contributed by atoms with Crippen LogP contribution in [-0.2, 0) is 4.74 Å². The topological polar surface area (TPSA) is 26.3 Å². The quantitative estimate of drug-likeness (QED) is 0.640. The van der Waals surface area contributed by atoms with Gasteiger partial charge in [-0.15, -0.1) is 0 Å². The highest BCUT2D eigenvalue weighted by Gasteiger charge is 2.37. The number of hydrogen-bond acceptors (Lipinski definition) is 2. The number of ketones is 1. The van der Waals surface area contributed by atoms with E-state index in [0.717, 1.165) is 47.1 Å². The minimum atomic E-state index is -0.0419. The number of benzene rings is 2. The number of hydrogen-bond donors (Lipinski definition) is 0. The normalized spacial score (nSPS) is 19.3. The Morgan fingerprint density at radius 3 is 2.52 bits per heavy atom. The fourth-order valence-corrected chi connectivity index (χ4v) is 3.10. The summed E-state index contributed by atoms with van der Waals surface area (Å²) in [7, 11) is 2.16. The highest BCUT2D eigenvalue weighted by Crippen LogP contribution is 2.23. The molecule has 0 amide bonds. The van der Waals surface area contributed by atoms with Crippen molar-refractivity contribution in [3.05, 3.63) is 48.0 Å². The standard InChI is InChI=1S/C18H22NO2/c1-14(19(2)10-12-21-13-11-19)18(20)17-9-5-7-15-6-3-4-8-16(15)17/h3-9,14H,10-13H2,1-2H3/q+1. The molecule has 1 fully saturated rings. The fraction of sp³-hybridized carbons (Fsp3) is 0.389. The minimum absolute atomic E-state index is 0.0419. The average Bonchev–Trinajstić information content (AvgIpc) is 2.53. The van der Waals surface area contributed by atoms with E-state index in [2.05, 4.69) is 26.1 Å². The van der Waals surface area contributed by atoms with E-state index in [1.807, 2.05) is 30.3 Å². The average molecular weight is 284 g/mol. The van der Waals surface area contributed by atoms with Crippen LogP contribution in [-0.4, -0.2) is 49.7 Å². The molecule has 3 nitrogen and oxygen atoms in total. The summed E-state index contributed by atoms with van der Waals surface area (Å²) < 4.78 is 6.21. The molecule has 3 heteroatoms. The van der Waals surface area contributed by atoms with Crippen LogP contribution in [0, 0.1) is 0 Å². The molecule has 0 saturated carbocycles. The fourth-order valence-electron chi connectivity index (χ4n) is 3.10. The number of ether oxygens (including phenoxy) is 1. The molecule has 2 aromatic carbocycles. The van der Waals surface area contributed by atoms with Gasteiger partial charge in [0, 0.05) is 5.56 Å². The van der Waals surface area contributed by atoms with Crippen LogP contribution in [0.25, 0.3) is 10.8 Å². The molecular weight excluding hydrogens is 262 g/mol. The first-order chi connectivity index (χ1) is 10.1. The zero-order chi connectivity index (χ0) is 14.9. The summed E-state index contributed by atoms with van der Waals surface area (Å²) in [6, 6.07) is 14.0. The third-order valence-corrected chi connectivity index (χ3v) is 4.86. The van der Waals surface area contributed by atoms with Crippen molar-refractivity contribution in [3.8, 4) is 0 Å². The summed E-state index contributed by atoms with van der Waals surface area (Å²) in [5.74, 6) is 0.233. The summed E-state index contributed by atoms with van der Waals surface area (Å²) in [5, 5.41) is 2.18. The van der Waals surface area contributed by atoms with Gasteiger partial charge in [-0.3, -0.25) is 4.79 Å². The third-order valence-electron chi connectivity index (χ3n) is 4.86. The van der Waals surface area contributed by atoms with Gasteiger partial charge in [0.25, 0.3) is 0 Å². The van der Waals surface area contributed by atoms with Crippen LogP contribution in [0.5, 0.6) is 0 Å². The number of likely N-dealkylation sites (N-methyl/N-ethyl adjacent to an activating group) is 1. The lowest BCUT2D eigenvalue weighted by Crippen LogP contribution is -2.59. The van der Waals surface area contributed by atoms with Crippen LogP contribution in [0.3, 0.4) is 0 Å². The van der Waals surface area contributed by atoms with Crippen LogP contribution < -0.4 is 0 Å². The predicted octanol–water partition coefficient (Wildman–Crippen LogP) is 2.89. The molecule has 1 aliphatic rings. The molecule has 0 N–H and O–H groups in total. The second kappa shape index (κ2) is 5.58. The molecule has 110 valence electrons. The number of carbonyl (C=O) groups is 1. The maximum Gasteiger partial charge on any atom is 0.220 e. The van der Waals surface area contributed by atoms with Crippen molar-refractivity contribution in [1.29, 1.82) is 0 Å². The Balaban J connectivity index is 1.96. The predicted molar refractivity (Wildman–Crippen MR) is 84.5 cm³/mol. The van der Waals surface area contributed by atoms with Crippen molar-refractivity contribution in [2.45, 2.75) is 13.0 Å². The van der Waals surface area contributed by atoms with Gasteiger partial charge < -0.3 is 9.22 Å². The van der Waals surface area contributed by atoms with E-state index < -0.39 is 0 Å². The van der Waals surface area contributed by atoms with Gasteiger partial charge in [-0.1, -0.05) is 42.5 Å². The zero-order valence-corrected chi connectivity index (χ0v) is 12.7. The zero-order valence-electron chi connectivity index (χ0n) is 12.7. The van der Waals surface area contributed by atoms with Crippen molar-refractivity contribution in [1.82, 2.24) is 0 Å². The van der Waals surface area contributed by atoms with Gasteiger partial charge in [0.15, 0.2) is 0 Å². The number of quaternary nitrogens is 1. The molecule has 1 atom stereocenters. The molecule has 0 spiro atoms. The van der Waals surface area contributed by atoms with Crippen LogP contribution >= 0.6 is 0 Å². The van der Waals surface area contributed by atoms with E-state index in [1.165, 1.54) is 0 Å². The molecule has 3 rings (SSSR count). The van der Waals surface area contributed by atoms with E-state index in [9.17, 15) is 4.79 Å². The number of nitrogens with zero attached hydrogens (tertiary/aromatic N) is 1. The molecule has 1 aliphatic heterocycles. The molecular formula is C18H22NO2+. The van der Waals surface area contributed by atoms with E-state index >= 15 is 0 Å². The van der Waals surface area contributed by atoms with Crippen LogP contribution in [0.1, 0.15) is 17.3 Å². The molecule has 21 heavy (non-hydrogen) atoms. The van der Waals surface area contributed by atoms with Gasteiger partial charge in [0.05, 0.1) is 20.3 Å². The maximum absolute atomic E-state index is 13.0. The summed E-state index contributed by atoms with van der Waals surface area (Å²) in [6.45, 7) is 5.33. The number of morpholine rings is 1. The van der Waals surface area contributed by atoms with Crippen LogP contribution in [0.2, 0.25) is 0 Å². The van der Waals surface area contributed by atoms with Gasteiger partial charge in [0.2, 0.25) is 5.78 Å². The molecule has 2 aromatic rings. The van der Waals surface area contributed by atoms with Crippen molar-refractivity contribution < 1.29 is 14.0 Å². The van der Waals surface area contributed by atoms with Gasteiger partial charge >= 0.3 is 0 Å². The smallest absolute Gasteiger partial charge is 0.220 e. The lowest BCUT2D eigenvalue weighted by atomic mass is 9.96. The monoisotopic (exact) mass is 284 g/mol. The SMILES string of the molecule is CC(C(=O)c1cccc2ccccc12)[N+]1(C)CCOCC1. The van der Waals surface area contributed by atoms with Crippen molar-refractivity contribution in [3.63, 3.8) is 0 Å². The third kappa shape index (κ3) is 2.59. The van der Waals surface area contributed by atoms with E-state index in [1.54, 1.807) is 0 Å². The van der Waals surface area contributed by atoms with E-state index in [0.29, 0.717) is 0 Å². The van der Waals surface area contributed by atoms with Crippen molar-refractivity contribution in [2.75, 3.05) is 33.4 Å². The molecule has 0 aromatic heterocycles. The first-order valence-corrected chi connectivity index (χ1v) is 7.56. The van der Waals surface area contributed by atoms with Gasteiger partial charge in [-0.2, -0.15) is 0 Å². The summed E-state index contributed by atoms with van der Waals surface area (Å²) >= 11 is 0.